The maximum Gasteiger partial charge on any atom is 0.404 e. The van der Waals surface area contributed by atoms with Crippen molar-refractivity contribution in [2.24, 2.45) is 0 Å². The minimum absolute atomic E-state index is 0.0215. The summed E-state index contributed by atoms with van der Waals surface area (Å²) in [6.07, 6.45) is 3.24. The summed E-state index contributed by atoms with van der Waals surface area (Å²) in [7, 11) is 0. The molecule has 11 nitrogen and oxygen atoms in total. The molecule has 1 amide bonds. The van der Waals surface area contributed by atoms with Gasteiger partial charge in [0.1, 0.15) is 17.6 Å². The van der Waals surface area contributed by atoms with E-state index in [1.807, 2.05) is 6.07 Å². The first-order valence-corrected chi connectivity index (χ1v) is 11.0. The molecule has 0 radical (unpaired) electrons. The van der Waals surface area contributed by atoms with Crippen LogP contribution in [0.15, 0.2) is 55.0 Å². The highest BCUT2D eigenvalue weighted by atomic mass is 19.1. The van der Waals surface area contributed by atoms with Crippen molar-refractivity contribution < 1.29 is 18.7 Å². The van der Waals surface area contributed by atoms with Gasteiger partial charge in [-0.2, -0.15) is 15.5 Å². The van der Waals surface area contributed by atoms with Crippen molar-refractivity contribution in [1.29, 1.82) is 5.26 Å². The monoisotopic (exact) mass is 505 g/mol. The molecule has 1 aromatic carbocycles. The molecular formula is C24H21F2N9O2. The maximum absolute atomic E-state index is 15.0. The standard InChI is InChI=1S/C24H21F2N9O2/c1-13-20(35-29-6-7-30-35)10-18(12-28-13)32-22-16(11-27)9-19(26)23(34-22)33-21(14(2)31-24(36)37)15-4-3-5-17(25)8-15/h3-10,12,14,21,31H,1-2H3,(H,36,37)(H2,32,33,34)/t14-,21+/m0/s1. The molecule has 0 unspecified atom stereocenters. The van der Waals surface area contributed by atoms with Crippen molar-refractivity contribution in [3.05, 3.63) is 83.4 Å². The quantitative estimate of drug-likeness (QED) is 0.277. The Morgan fingerprint density at radius 3 is 2.59 bits per heavy atom. The van der Waals surface area contributed by atoms with Gasteiger partial charge >= 0.3 is 6.09 Å². The van der Waals surface area contributed by atoms with E-state index in [1.54, 1.807) is 26.0 Å². The third kappa shape index (κ3) is 5.76. The average molecular weight is 505 g/mol. The molecule has 0 saturated carbocycles. The minimum Gasteiger partial charge on any atom is -0.465 e. The van der Waals surface area contributed by atoms with Gasteiger partial charge < -0.3 is 21.1 Å². The van der Waals surface area contributed by atoms with Gasteiger partial charge in [0.2, 0.25) is 0 Å². The smallest absolute Gasteiger partial charge is 0.404 e. The van der Waals surface area contributed by atoms with Crippen LogP contribution in [0.4, 0.5) is 30.9 Å². The zero-order chi connectivity index (χ0) is 26.5. The molecule has 4 rings (SSSR count). The van der Waals surface area contributed by atoms with E-state index in [1.165, 1.54) is 41.6 Å². The van der Waals surface area contributed by atoms with Crippen LogP contribution in [-0.4, -0.2) is 42.2 Å². The van der Waals surface area contributed by atoms with E-state index in [-0.39, 0.29) is 17.2 Å². The number of anilines is 3. The Labute approximate surface area is 209 Å². The summed E-state index contributed by atoms with van der Waals surface area (Å²) in [4.78, 5) is 21.2. The summed E-state index contributed by atoms with van der Waals surface area (Å²) >= 11 is 0. The van der Waals surface area contributed by atoms with Crippen molar-refractivity contribution in [1.82, 2.24) is 30.3 Å². The fraction of sp³-hybridized carbons (Fsp3) is 0.167. The molecule has 13 heteroatoms. The molecule has 0 saturated heterocycles. The second-order valence-corrected chi connectivity index (χ2v) is 8.01. The van der Waals surface area contributed by atoms with Gasteiger partial charge in [0.25, 0.3) is 0 Å². The van der Waals surface area contributed by atoms with Gasteiger partial charge in [-0.15, -0.1) is 4.80 Å². The van der Waals surface area contributed by atoms with Crippen LogP contribution < -0.4 is 16.0 Å². The highest BCUT2D eigenvalue weighted by Crippen LogP contribution is 2.29. The Morgan fingerprint density at radius 1 is 1.16 bits per heavy atom. The first kappa shape index (κ1) is 25.0. The third-order valence-corrected chi connectivity index (χ3v) is 5.40. The van der Waals surface area contributed by atoms with E-state index in [2.05, 4.69) is 36.1 Å². The Balaban J connectivity index is 1.70. The first-order valence-electron chi connectivity index (χ1n) is 11.0. The van der Waals surface area contributed by atoms with Crippen LogP contribution in [0.5, 0.6) is 0 Å². The molecule has 37 heavy (non-hydrogen) atoms. The van der Waals surface area contributed by atoms with E-state index in [0.29, 0.717) is 22.6 Å². The van der Waals surface area contributed by atoms with Crippen molar-refractivity contribution in [2.45, 2.75) is 25.9 Å². The van der Waals surface area contributed by atoms with Crippen LogP contribution in [-0.2, 0) is 0 Å². The van der Waals surface area contributed by atoms with Crippen molar-refractivity contribution in [2.75, 3.05) is 10.6 Å². The van der Waals surface area contributed by atoms with Crippen LogP contribution in [0.25, 0.3) is 5.69 Å². The Bertz CT molecular complexity index is 1470. The number of aryl methyl sites for hydroxylation is 1. The van der Waals surface area contributed by atoms with E-state index in [0.717, 1.165) is 6.07 Å². The van der Waals surface area contributed by atoms with Crippen LogP contribution in [0.3, 0.4) is 0 Å². The summed E-state index contributed by atoms with van der Waals surface area (Å²) in [6, 6.07) is 8.35. The second kappa shape index (κ2) is 10.6. The fourth-order valence-corrected chi connectivity index (χ4v) is 3.66. The minimum atomic E-state index is -1.30. The molecule has 0 fully saturated rings. The maximum atomic E-state index is 15.0. The number of aromatic nitrogens is 5. The summed E-state index contributed by atoms with van der Waals surface area (Å²) in [5, 5.41) is 35.0. The number of carbonyl (C=O) groups is 1. The molecule has 3 heterocycles. The van der Waals surface area contributed by atoms with Crippen LogP contribution in [0, 0.1) is 29.9 Å². The van der Waals surface area contributed by atoms with Crippen LogP contribution >= 0.6 is 0 Å². The van der Waals surface area contributed by atoms with Gasteiger partial charge in [0.05, 0.1) is 47.6 Å². The highest BCUT2D eigenvalue weighted by Gasteiger charge is 2.24. The molecule has 3 aromatic heterocycles. The van der Waals surface area contributed by atoms with Gasteiger partial charge in [-0.3, -0.25) is 4.98 Å². The molecule has 0 aliphatic heterocycles. The Morgan fingerprint density at radius 2 is 1.92 bits per heavy atom. The first-order chi connectivity index (χ1) is 17.7. The van der Waals surface area contributed by atoms with Gasteiger partial charge in [-0.25, -0.2) is 18.6 Å². The fourth-order valence-electron chi connectivity index (χ4n) is 3.66. The number of nitriles is 1. The van der Waals surface area contributed by atoms with E-state index >= 15 is 0 Å². The summed E-state index contributed by atoms with van der Waals surface area (Å²) in [5.74, 6) is -1.65. The molecule has 0 aliphatic rings. The number of benzene rings is 1. The SMILES string of the molecule is Cc1ncc(Nc2nc(N[C@@H](c3cccc(F)c3)[C@H](C)NC(=O)O)c(F)cc2C#N)cc1-n1nccn1. The number of pyridine rings is 2. The predicted octanol–water partition coefficient (Wildman–Crippen LogP) is 4.07. The van der Waals surface area contributed by atoms with Crippen molar-refractivity contribution >= 4 is 23.4 Å². The molecule has 0 spiro atoms. The normalized spacial score (nSPS) is 12.3. The van der Waals surface area contributed by atoms with Gasteiger partial charge in [0.15, 0.2) is 17.5 Å². The number of hydrogen-bond donors (Lipinski definition) is 4. The summed E-state index contributed by atoms with van der Waals surface area (Å²) in [6.45, 7) is 3.32. The van der Waals surface area contributed by atoms with Gasteiger partial charge in [-0.1, -0.05) is 12.1 Å². The number of nitrogens with one attached hydrogen (secondary N) is 3. The molecule has 0 aliphatic carbocycles. The largest absolute Gasteiger partial charge is 0.465 e. The lowest BCUT2D eigenvalue weighted by atomic mass is 10.00. The van der Waals surface area contributed by atoms with Gasteiger partial charge in [0, 0.05) is 0 Å². The summed E-state index contributed by atoms with van der Waals surface area (Å²) in [5.41, 5.74) is 1.94. The molecule has 188 valence electrons. The topological polar surface area (TPSA) is 154 Å². The number of rotatable bonds is 8. The number of amides is 1. The van der Waals surface area contributed by atoms with Crippen LogP contribution in [0.2, 0.25) is 0 Å². The molecule has 2 atom stereocenters. The van der Waals surface area contributed by atoms with E-state index in [9.17, 15) is 23.9 Å². The number of nitrogens with zero attached hydrogens (tertiary/aromatic N) is 6. The highest BCUT2D eigenvalue weighted by molar-refractivity contribution is 5.67. The average Bonchev–Trinajstić information content (AvgIpc) is 3.39. The van der Waals surface area contributed by atoms with Crippen molar-refractivity contribution in [3.63, 3.8) is 0 Å². The van der Waals surface area contributed by atoms with Crippen LogP contribution in [0.1, 0.15) is 29.8 Å². The molecule has 4 aromatic rings. The Hall–Kier alpha value is -5.12. The lowest BCUT2D eigenvalue weighted by Crippen LogP contribution is -2.39. The van der Waals surface area contributed by atoms with Gasteiger partial charge in [-0.05, 0) is 43.7 Å². The lowest BCUT2D eigenvalue weighted by molar-refractivity contribution is 0.189. The van der Waals surface area contributed by atoms with E-state index in [4.69, 9.17) is 0 Å². The second-order valence-electron chi connectivity index (χ2n) is 8.01. The zero-order valence-corrected chi connectivity index (χ0v) is 19.6. The summed E-state index contributed by atoms with van der Waals surface area (Å²) < 4.78 is 28.9. The third-order valence-electron chi connectivity index (χ3n) is 5.40. The predicted molar refractivity (Wildman–Crippen MR) is 129 cm³/mol. The number of carboxylic acid groups (broad SMARTS) is 1. The molecular weight excluding hydrogens is 484 g/mol. The molecule has 0 bridgehead atoms. The number of hydrogen-bond acceptors (Lipinski definition) is 8. The Kier molecular flexibility index (Phi) is 7.19. The van der Waals surface area contributed by atoms with Crippen molar-refractivity contribution in [3.8, 4) is 11.8 Å². The number of halogens is 2. The molecule has 4 N–H and O–H groups in total. The van der Waals surface area contributed by atoms with E-state index < -0.39 is 29.8 Å². The zero-order valence-electron chi connectivity index (χ0n) is 19.6. The lowest BCUT2D eigenvalue weighted by Gasteiger charge is -2.26.